The Labute approximate surface area is 208 Å². The van der Waals surface area contributed by atoms with Gasteiger partial charge in [0.05, 0.1) is 26.4 Å². The van der Waals surface area contributed by atoms with Crippen molar-refractivity contribution in [2.75, 3.05) is 65.6 Å². The predicted molar refractivity (Wildman–Crippen MR) is 112 cm³/mol. The highest BCUT2D eigenvalue weighted by Gasteiger charge is 2.44. The second-order valence-electron chi connectivity index (χ2n) is 7.14. The summed E-state index contributed by atoms with van der Waals surface area (Å²) < 4.78 is 91.7. The Morgan fingerprint density at radius 3 is 1.11 bits per heavy atom. The molecule has 0 rings (SSSR count). The number of amides is 2. The number of esters is 3. The zero-order valence-electron chi connectivity index (χ0n) is 20.4. The first-order valence-corrected chi connectivity index (χ1v) is 11.0. The summed E-state index contributed by atoms with van der Waals surface area (Å²) in [4.78, 5) is 60.0. The summed E-state index contributed by atoms with van der Waals surface area (Å²) in [5.74, 6) is -7.96. The minimum absolute atomic E-state index is 0.0875. The maximum absolute atomic E-state index is 13.0. The molecule has 0 bridgehead atoms. The minimum atomic E-state index is -5.35. The molecule has 0 aromatic carbocycles. The number of ether oxygens (including phenoxy) is 3. The smallest absolute Gasteiger partial charge is 0.465 e. The first-order chi connectivity index (χ1) is 17.1. The first-order valence-electron chi connectivity index (χ1n) is 11.0. The van der Waals surface area contributed by atoms with E-state index >= 15 is 0 Å². The van der Waals surface area contributed by atoms with Gasteiger partial charge in [0.15, 0.2) is 0 Å². The van der Waals surface area contributed by atoms with E-state index in [-0.39, 0.29) is 29.6 Å². The fourth-order valence-corrected chi connectivity index (χ4v) is 2.77. The van der Waals surface area contributed by atoms with Gasteiger partial charge in [0.25, 0.3) is 0 Å². The zero-order chi connectivity index (χ0) is 28.8. The number of alkyl halides is 6. The van der Waals surface area contributed by atoms with Crippen LogP contribution in [0.1, 0.15) is 20.8 Å². The highest BCUT2D eigenvalue weighted by Crippen LogP contribution is 2.19. The molecule has 0 unspecified atom stereocenters. The van der Waals surface area contributed by atoms with Gasteiger partial charge in [0.2, 0.25) is 0 Å². The van der Waals surface area contributed by atoms with Crippen LogP contribution in [0.15, 0.2) is 0 Å². The van der Waals surface area contributed by atoms with Crippen LogP contribution in [0.25, 0.3) is 0 Å². The summed E-state index contributed by atoms with van der Waals surface area (Å²) in [6.45, 7) is -1.69. The second kappa shape index (κ2) is 15.9. The molecule has 11 nitrogen and oxygen atoms in total. The van der Waals surface area contributed by atoms with Gasteiger partial charge >= 0.3 is 42.1 Å². The largest absolute Gasteiger partial charge is 0.471 e. The molecule has 214 valence electrons. The lowest BCUT2D eigenvalue weighted by Gasteiger charge is -2.29. The third kappa shape index (κ3) is 13.7. The van der Waals surface area contributed by atoms with Crippen LogP contribution >= 0.6 is 0 Å². The SMILES string of the molecule is CCOC(=O)CN(CCN(CC(=O)OCC)C(=O)C(F)(F)F)CCN(CC(=O)OCC)C(=O)C(F)(F)F. The summed E-state index contributed by atoms with van der Waals surface area (Å²) in [5.41, 5.74) is 0. The Hall–Kier alpha value is -3.11. The number of halogens is 6. The van der Waals surface area contributed by atoms with Crippen molar-refractivity contribution < 1.29 is 64.5 Å². The van der Waals surface area contributed by atoms with E-state index in [2.05, 4.69) is 9.47 Å². The Balaban J connectivity index is 5.72. The molecule has 0 radical (unpaired) electrons. The van der Waals surface area contributed by atoms with Crippen molar-refractivity contribution in [3.8, 4) is 0 Å². The lowest BCUT2D eigenvalue weighted by Crippen LogP contribution is -2.50. The van der Waals surface area contributed by atoms with Gasteiger partial charge < -0.3 is 24.0 Å². The molecule has 0 aliphatic heterocycles. The van der Waals surface area contributed by atoms with Gasteiger partial charge in [-0.3, -0.25) is 28.9 Å². The van der Waals surface area contributed by atoms with E-state index in [0.29, 0.717) is 0 Å². The molecule has 0 saturated heterocycles. The second-order valence-corrected chi connectivity index (χ2v) is 7.14. The van der Waals surface area contributed by atoms with Gasteiger partial charge in [-0.15, -0.1) is 0 Å². The van der Waals surface area contributed by atoms with Gasteiger partial charge in [-0.1, -0.05) is 0 Å². The van der Waals surface area contributed by atoms with Gasteiger partial charge in [-0.05, 0) is 20.8 Å². The lowest BCUT2D eigenvalue weighted by atomic mass is 10.3. The fourth-order valence-electron chi connectivity index (χ4n) is 2.77. The molecule has 0 aliphatic rings. The lowest BCUT2D eigenvalue weighted by molar-refractivity contribution is -0.187. The Morgan fingerprint density at radius 2 is 0.838 bits per heavy atom. The standard InChI is InChI=1S/C20H29F6N3O8/c1-4-35-14(30)11-27(7-9-28(12-15(31)36-5-2)17(33)19(21,22)23)8-10-29(13-16(32)37-6-3)18(34)20(24,25)26/h4-13H2,1-3H3. The summed E-state index contributed by atoms with van der Waals surface area (Å²) in [6, 6.07) is 0. The van der Waals surface area contributed by atoms with Gasteiger partial charge in [0, 0.05) is 26.2 Å². The van der Waals surface area contributed by atoms with Crippen molar-refractivity contribution in [3.05, 3.63) is 0 Å². The monoisotopic (exact) mass is 553 g/mol. The molecular weight excluding hydrogens is 524 g/mol. The minimum Gasteiger partial charge on any atom is -0.465 e. The van der Waals surface area contributed by atoms with Crippen LogP contribution in [0.5, 0.6) is 0 Å². The topological polar surface area (TPSA) is 123 Å². The number of hydrogen-bond donors (Lipinski definition) is 0. The van der Waals surface area contributed by atoms with Crippen molar-refractivity contribution in [3.63, 3.8) is 0 Å². The number of carbonyl (C=O) groups excluding carboxylic acids is 5. The van der Waals surface area contributed by atoms with Crippen LogP contribution < -0.4 is 0 Å². The summed E-state index contributed by atoms with van der Waals surface area (Å²) in [7, 11) is 0. The van der Waals surface area contributed by atoms with E-state index in [4.69, 9.17) is 4.74 Å². The number of carbonyl (C=O) groups is 5. The van der Waals surface area contributed by atoms with Crippen molar-refractivity contribution in [2.45, 2.75) is 33.1 Å². The first kappa shape index (κ1) is 33.9. The quantitative estimate of drug-likeness (QED) is 0.164. The number of hydrogen-bond acceptors (Lipinski definition) is 9. The molecule has 0 fully saturated rings. The van der Waals surface area contributed by atoms with Crippen molar-refractivity contribution >= 4 is 29.7 Å². The van der Waals surface area contributed by atoms with Crippen LogP contribution in [0.2, 0.25) is 0 Å². The molecular formula is C20H29F6N3O8. The van der Waals surface area contributed by atoms with E-state index in [9.17, 15) is 50.3 Å². The van der Waals surface area contributed by atoms with Crippen LogP contribution in [0.3, 0.4) is 0 Å². The molecule has 0 atom stereocenters. The van der Waals surface area contributed by atoms with E-state index in [1.54, 1.807) is 0 Å². The molecule has 0 spiro atoms. The van der Waals surface area contributed by atoms with Crippen molar-refractivity contribution in [1.29, 1.82) is 0 Å². The van der Waals surface area contributed by atoms with Crippen LogP contribution in [0, 0.1) is 0 Å². The normalized spacial score (nSPS) is 11.6. The highest BCUT2D eigenvalue weighted by atomic mass is 19.4. The summed E-state index contributed by atoms with van der Waals surface area (Å²) >= 11 is 0. The molecule has 0 aliphatic carbocycles. The van der Waals surface area contributed by atoms with Gasteiger partial charge in [0.1, 0.15) is 13.1 Å². The van der Waals surface area contributed by atoms with Crippen molar-refractivity contribution in [1.82, 2.24) is 14.7 Å². The Bertz CT molecular complexity index is 737. The van der Waals surface area contributed by atoms with Crippen molar-refractivity contribution in [2.24, 2.45) is 0 Å². The molecule has 0 saturated carbocycles. The molecule has 0 aromatic heterocycles. The number of rotatable bonds is 15. The van der Waals surface area contributed by atoms with Gasteiger partial charge in [-0.25, -0.2) is 0 Å². The summed E-state index contributed by atoms with van der Waals surface area (Å²) in [6.07, 6.45) is -10.7. The molecule has 0 N–H and O–H groups in total. The Kier molecular flexibility index (Phi) is 14.5. The molecule has 0 heterocycles. The Morgan fingerprint density at radius 1 is 0.541 bits per heavy atom. The van der Waals surface area contributed by atoms with E-state index in [1.165, 1.54) is 20.8 Å². The number of nitrogens with zero attached hydrogens (tertiary/aromatic N) is 3. The molecule has 2 amide bonds. The predicted octanol–water partition coefficient (Wildman–Crippen LogP) is 0.760. The van der Waals surface area contributed by atoms with Crippen LogP contribution in [0.4, 0.5) is 26.3 Å². The summed E-state index contributed by atoms with van der Waals surface area (Å²) in [5, 5.41) is 0. The maximum atomic E-state index is 13.0. The molecule has 17 heteroatoms. The average molecular weight is 553 g/mol. The fraction of sp³-hybridized carbons (Fsp3) is 0.750. The third-order valence-corrected chi connectivity index (χ3v) is 4.34. The van der Waals surface area contributed by atoms with E-state index in [0.717, 1.165) is 4.90 Å². The van der Waals surface area contributed by atoms with Gasteiger partial charge in [-0.2, -0.15) is 26.3 Å². The third-order valence-electron chi connectivity index (χ3n) is 4.34. The van der Waals surface area contributed by atoms with Crippen LogP contribution in [-0.2, 0) is 38.2 Å². The average Bonchev–Trinajstić information content (AvgIpc) is 2.77. The van der Waals surface area contributed by atoms with E-state index in [1.807, 2.05) is 0 Å². The maximum Gasteiger partial charge on any atom is 0.471 e. The van der Waals surface area contributed by atoms with Crippen LogP contribution in [-0.4, -0.2) is 122 Å². The molecule has 0 aromatic rings. The highest BCUT2D eigenvalue weighted by molar-refractivity contribution is 5.86. The zero-order valence-corrected chi connectivity index (χ0v) is 20.4. The molecule has 37 heavy (non-hydrogen) atoms. The van der Waals surface area contributed by atoms with E-state index < -0.39 is 87.9 Å².